The van der Waals surface area contributed by atoms with Gasteiger partial charge >= 0.3 is 0 Å². The molecule has 1 aromatic carbocycles. The average molecular weight is 316 g/mol. The van der Waals surface area contributed by atoms with Crippen LogP contribution in [0.2, 0.25) is 0 Å². The molecule has 23 heavy (non-hydrogen) atoms. The third kappa shape index (κ3) is 4.49. The normalized spacial score (nSPS) is 24.5. The summed E-state index contributed by atoms with van der Waals surface area (Å²) in [4.78, 5) is 26.4. The fraction of sp³-hybridized carbons (Fsp3) is 0.579. The first-order chi connectivity index (χ1) is 10.9. The van der Waals surface area contributed by atoms with Gasteiger partial charge in [0.1, 0.15) is 11.6 Å². The molecular weight excluding hydrogens is 288 g/mol. The van der Waals surface area contributed by atoms with Gasteiger partial charge in [0.25, 0.3) is 0 Å². The van der Waals surface area contributed by atoms with Crippen LogP contribution in [0.25, 0.3) is 0 Å². The van der Waals surface area contributed by atoms with Crippen molar-refractivity contribution >= 4 is 11.6 Å². The molecule has 0 radical (unpaired) electrons. The van der Waals surface area contributed by atoms with Gasteiger partial charge in [0.15, 0.2) is 0 Å². The molecule has 1 fully saturated rings. The van der Waals surface area contributed by atoms with Gasteiger partial charge in [-0.25, -0.2) is 0 Å². The van der Waals surface area contributed by atoms with Crippen LogP contribution in [0.4, 0.5) is 0 Å². The summed E-state index contributed by atoms with van der Waals surface area (Å²) in [5.41, 5.74) is 2.68. The van der Waals surface area contributed by atoms with E-state index in [1.165, 1.54) is 17.5 Å². The van der Waals surface area contributed by atoms with Crippen LogP contribution < -0.4 is 0 Å². The monoisotopic (exact) mass is 316 g/mol. The summed E-state index contributed by atoms with van der Waals surface area (Å²) in [5, 5.41) is 0. The van der Waals surface area contributed by atoms with Gasteiger partial charge in [-0.1, -0.05) is 24.3 Å². The molecule has 0 aliphatic carbocycles. The Hall–Kier alpha value is -1.52. The molecule has 4 nitrogen and oxygen atoms in total. The number of likely N-dealkylation sites (N-methyl/N-ethyl adjacent to an activating group) is 2. The highest BCUT2D eigenvalue weighted by Crippen LogP contribution is 2.22. The van der Waals surface area contributed by atoms with E-state index in [9.17, 15) is 9.59 Å². The first-order valence-electron chi connectivity index (χ1n) is 8.38. The highest BCUT2D eigenvalue weighted by molar-refractivity contribution is 5.82. The van der Waals surface area contributed by atoms with E-state index in [2.05, 4.69) is 28.0 Å². The van der Waals surface area contributed by atoms with E-state index in [1.807, 2.05) is 20.2 Å². The molecule has 4 heteroatoms. The van der Waals surface area contributed by atoms with Crippen LogP contribution in [-0.4, -0.2) is 54.1 Å². The highest BCUT2D eigenvalue weighted by Gasteiger charge is 2.26. The van der Waals surface area contributed by atoms with Crippen molar-refractivity contribution in [1.29, 1.82) is 0 Å². The number of benzene rings is 1. The zero-order chi connectivity index (χ0) is 17.0. The van der Waals surface area contributed by atoms with Gasteiger partial charge in [-0.15, -0.1) is 0 Å². The zero-order valence-corrected chi connectivity index (χ0v) is 14.7. The number of hydrogen-bond acceptors (Lipinski definition) is 4. The van der Waals surface area contributed by atoms with Crippen molar-refractivity contribution in [1.82, 2.24) is 9.80 Å². The molecule has 2 atom stereocenters. The fourth-order valence-corrected chi connectivity index (χ4v) is 3.53. The number of fused-ring (bicyclic) bond motifs is 1. The van der Waals surface area contributed by atoms with Gasteiger partial charge in [-0.05, 0) is 64.9 Å². The van der Waals surface area contributed by atoms with Crippen LogP contribution in [0.15, 0.2) is 24.3 Å². The van der Waals surface area contributed by atoms with Crippen LogP contribution in [-0.2, 0) is 22.6 Å². The number of nitrogens with zero attached hydrogens (tertiary/aromatic N) is 2. The van der Waals surface area contributed by atoms with Gasteiger partial charge in [-0.2, -0.15) is 0 Å². The molecule has 2 unspecified atom stereocenters. The summed E-state index contributed by atoms with van der Waals surface area (Å²) in [6.07, 6.45) is 3.11. The Bertz CT molecular complexity index is 570. The lowest BCUT2D eigenvalue weighted by Gasteiger charge is -2.32. The summed E-state index contributed by atoms with van der Waals surface area (Å²) >= 11 is 0. The maximum absolute atomic E-state index is 11.4. The average Bonchev–Trinajstić information content (AvgIpc) is 2.93. The quantitative estimate of drug-likeness (QED) is 0.839. The minimum Gasteiger partial charge on any atom is -0.298 e. The van der Waals surface area contributed by atoms with E-state index in [1.54, 1.807) is 13.8 Å². The van der Waals surface area contributed by atoms with E-state index in [-0.39, 0.29) is 17.9 Å². The van der Waals surface area contributed by atoms with Crippen LogP contribution in [0, 0.1) is 0 Å². The Balaban J connectivity index is 0.000000185. The van der Waals surface area contributed by atoms with Crippen molar-refractivity contribution in [3.63, 3.8) is 0 Å². The van der Waals surface area contributed by atoms with E-state index in [4.69, 9.17) is 0 Å². The standard InChI is InChI=1S/C12H15NO.C7H13NO/c1-9(14)12-7-10-5-3-4-6-11(10)8-13(12)2;1-6(9)7-4-3-5-8(7)2/h3-6,12H,7-8H2,1-2H3;7H,3-5H2,1-2H3. The second kappa shape index (κ2) is 7.84. The number of carbonyl (C=O) groups excluding carboxylic acids is 2. The van der Waals surface area contributed by atoms with Gasteiger partial charge in [0.2, 0.25) is 0 Å². The Morgan fingerprint density at radius 1 is 0.957 bits per heavy atom. The lowest BCUT2D eigenvalue weighted by Crippen LogP contribution is -2.42. The van der Waals surface area contributed by atoms with Crippen LogP contribution >= 0.6 is 0 Å². The maximum Gasteiger partial charge on any atom is 0.147 e. The molecular formula is C19H28N2O2. The van der Waals surface area contributed by atoms with Gasteiger partial charge < -0.3 is 0 Å². The Kier molecular flexibility index (Phi) is 6.08. The zero-order valence-electron chi connectivity index (χ0n) is 14.7. The third-order valence-electron chi connectivity index (χ3n) is 4.94. The van der Waals surface area contributed by atoms with Crippen LogP contribution in [0.1, 0.15) is 37.8 Å². The van der Waals surface area contributed by atoms with Gasteiger partial charge in [0, 0.05) is 6.54 Å². The first-order valence-corrected chi connectivity index (χ1v) is 8.38. The van der Waals surface area contributed by atoms with Crippen molar-refractivity contribution in [3.05, 3.63) is 35.4 Å². The molecule has 0 amide bonds. The minimum atomic E-state index is 0.0740. The number of carbonyl (C=O) groups is 2. The second-order valence-electron chi connectivity index (χ2n) is 6.76. The van der Waals surface area contributed by atoms with Crippen molar-refractivity contribution in [2.24, 2.45) is 0 Å². The molecule has 126 valence electrons. The smallest absolute Gasteiger partial charge is 0.147 e. The topological polar surface area (TPSA) is 40.6 Å². The van der Waals surface area contributed by atoms with Gasteiger partial charge in [-0.3, -0.25) is 19.4 Å². The lowest BCUT2D eigenvalue weighted by molar-refractivity contribution is -0.122. The lowest BCUT2D eigenvalue weighted by atomic mass is 9.93. The Morgan fingerprint density at radius 3 is 2.04 bits per heavy atom. The molecule has 2 heterocycles. The molecule has 0 spiro atoms. The van der Waals surface area contributed by atoms with Crippen molar-refractivity contribution in [3.8, 4) is 0 Å². The predicted octanol–water partition coefficient (Wildman–Crippen LogP) is 2.30. The number of ketones is 2. The molecule has 0 N–H and O–H groups in total. The number of rotatable bonds is 2. The number of Topliss-reactive ketones (excluding diaryl/α,β-unsaturated/α-hetero) is 2. The first kappa shape index (κ1) is 17.8. The molecule has 1 aromatic rings. The molecule has 2 aliphatic heterocycles. The van der Waals surface area contributed by atoms with E-state index >= 15 is 0 Å². The molecule has 1 saturated heterocycles. The van der Waals surface area contributed by atoms with Gasteiger partial charge in [0.05, 0.1) is 12.1 Å². The molecule has 3 rings (SSSR count). The Labute approximate surface area is 139 Å². The molecule has 0 saturated carbocycles. The third-order valence-corrected chi connectivity index (χ3v) is 4.94. The molecule has 0 aromatic heterocycles. The Morgan fingerprint density at radius 2 is 1.57 bits per heavy atom. The maximum atomic E-state index is 11.4. The van der Waals surface area contributed by atoms with Crippen LogP contribution in [0.3, 0.4) is 0 Å². The largest absolute Gasteiger partial charge is 0.298 e. The fourth-order valence-electron chi connectivity index (χ4n) is 3.53. The van der Waals surface area contributed by atoms with Crippen molar-refractivity contribution < 1.29 is 9.59 Å². The molecule has 2 aliphatic rings. The number of likely N-dealkylation sites (tertiary alicyclic amines) is 1. The van der Waals surface area contributed by atoms with Crippen molar-refractivity contribution in [2.45, 2.75) is 51.7 Å². The van der Waals surface area contributed by atoms with Crippen LogP contribution in [0.5, 0.6) is 0 Å². The molecule has 0 bridgehead atoms. The van der Waals surface area contributed by atoms with E-state index < -0.39 is 0 Å². The number of hydrogen-bond donors (Lipinski definition) is 0. The summed E-state index contributed by atoms with van der Waals surface area (Å²) in [6, 6.07) is 8.66. The van der Waals surface area contributed by atoms with E-state index in [0.29, 0.717) is 5.78 Å². The second-order valence-corrected chi connectivity index (χ2v) is 6.76. The minimum absolute atomic E-state index is 0.0740. The summed E-state index contributed by atoms with van der Waals surface area (Å²) in [5.74, 6) is 0.581. The predicted molar refractivity (Wildman–Crippen MR) is 92.4 cm³/mol. The summed E-state index contributed by atoms with van der Waals surface area (Å²) in [7, 11) is 4.03. The van der Waals surface area contributed by atoms with Crippen molar-refractivity contribution in [2.75, 3.05) is 20.6 Å². The SMILES string of the molecule is CC(=O)C1CCCN1C.CC(=O)C1Cc2ccccc2CN1C. The summed E-state index contributed by atoms with van der Waals surface area (Å²) < 4.78 is 0. The summed E-state index contributed by atoms with van der Waals surface area (Å²) in [6.45, 7) is 5.33. The highest BCUT2D eigenvalue weighted by atomic mass is 16.1. The van der Waals surface area contributed by atoms with E-state index in [0.717, 1.165) is 25.9 Å².